The van der Waals surface area contributed by atoms with E-state index in [4.69, 9.17) is 32.7 Å². The van der Waals surface area contributed by atoms with Crippen molar-refractivity contribution in [2.45, 2.75) is 19.8 Å². The highest BCUT2D eigenvalue weighted by Gasteiger charge is 2.29. The predicted octanol–water partition coefficient (Wildman–Crippen LogP) is 3.17. The van der Waals surface area contributed by atoms with Crippen molar-refractivity contribution in [3.63, 3.8) is 0 Å². The molecule has 0 aliphatic carbocycles. The smallest absolute Gasteiger partial charge is 0.310 e. The predicted molar refractivity (Wildman–Crippen MR) is 87.9 cm³/mol. The van der Waals surface area contributed by atoms with E-state index in [1.807, 2.05) is 0 Å². The van der Waals surface area contributed by atoms with Crippen LogP contribution >= 0.6 is 23.2 Å². The van der Waals surface area contributed by atoms with Crippen molar-refractivity contribution in [3.8, 4) is 5.75 Å². The first-order valence-corrected chi connectivity index (χ1v) is 8.29. The average molecular weight is 360 g/mol. The molecule has 1 aliphatic heterocycles. The van der Waals surface area contributed by atoms with Gasteiger partial charge >= 0.3 is 5.97 Å². The second kappa shape index (κ2) is 8.41. The van der Waals surface area contributed by atoms with E-state index in [-0.39, 0.29) is 29.4 Å². The zero-order valence-corrected chi connectivity index (χ0v) is 14.4. The number of hydrogen-bond acceptors (Lipinski definition) is 4. The fourth-order valence-electron chi connectivity index (χ4n) is 2.48. The van der Waals surface area contributed by atoms with E-state index in [9.17, 15) is 9.59 Å². The minimum absolute atomic E-state index is 0.143. The lowest BCUT2D eigenvalue weighted by molar-refractivity contribution is -0.151. The van der Waals surface area contributed by atoms with Crippen LogP contribution < -0.4 is 4.74 Å². The topological polar surface area (TPSA) is 55.8 Å². The van der Waals surface area contributed by atoms with Gasteiger partial charge in [0.1, 0.15) is 10.8 Å². The first-order chi connectivity index (χ1) is 11.0. The molecule has 1 unspecified atom stereocenters. The summed E-state index contributed by atoms with van der Waals surface area (Å²) >= 11 is 11.9. The number of likely N-dealkylation sites (tertiary alicyclic amines) is 1. The molecule has 1 atom stereocenters. The number of carbonyl (C=O) groups is 2. The molecule has 5 nitrogen and oxygen atoms in total. The second-order valence-electron chi connectivity index (χ2n) is 5.27. The van der Waals surface area contributed by atoms with Gasteiger partial charge in [-0.1, -0.05) is 29.3 Å². The SMILES string of the molecule is CCOC(=O)C1CCCN(C(=O)COc2cccc(Cl)c2Cl)C1. The van der Waals surface area contributed by atoms with Crippen LogP contribution in [0, 0.1) is 5.92 Å². The van der Waals surface area contributed by atoms with Gasteiger partial charge < -0.3 is 14.4 Å². The van der Waals surface area contributed by atoms with Gasteiger partial charge in [-0.2, -0.15) is 0 Å². The Bertz CT molecular complexity index is 579. The van der Waals surface area contributed by atoms with Crippen LogP contribution in [0.4, 0.5) is 0 Å². The van der Waals surface area contributed by atoms with Gasteiger partial charge in [-0.25, -0.2) is 0 Å². The molecule has 1 heterocycles. The molecule has 0 spiro atoms. The van der Waals surface area contributed by atoms with Crippen LogP contribution in [0.3, 0.4) is 0 Å². The Kier molecular flexibility index (Phi) is 6.54. The highest BCUT2D eigenvalue weighted by Crippen LogP contribution is 2.31. The zero-order valence-electron chi connectivity index (χ0n) is 12.9. The molecule has 23 heavy (non-hydrogen) atoms. The van der Waals surface area contributed by atoms with Crippen molar-refractivity contribution in [3.05, 3.63) is 28.2 Å². The third kappa shape index (κ3) is 4.75. The number of nitrogens with zero attached hydrogens (tertiary/aromatic N) is 1. The number of piperidine rings is 1. The Hall–Kier alpha value is -1.46. The van der Waals surface area contributed by atoms with Crippen molar-refractivity contribution in [1.82, 2.24) is 4.90 Å². The normalized spacial score (nSPS) is 17.7. The van der Waals surface area contributed by atoms with Crippen LogP contribution in [0.5, 0.6) is 5.75 Å². The van der Waals surface area contributed by atoms with Gasteiger partial charge in [0.05, 0.1) is 17.5 Å². The number of ether oxygens (including phenoxy) is 2. The zero-order chi connectivity index (χ0) is 16.8. The number of esters is 1. The highest BCUT2D eigenvalue weighted by molar-refractivity contribution is 6.42. The molecular formula is C16H19Cl2NO4. The first-order valence-electron chi connectivity index (χ1n) is 7.54. The maximum atomic E-state index is 12.3. The summed E-state index contributed by atoms with van der Waals surface area (Å²) in [6.45, 7) is 2.95. The molecule has 126 valence electrons. The van der Waals surface area contributed by atoms with Gasteiger partial charge in [0, 0.05) is 13.1 Å². The third-order valence-corrected chi connectivity index (χ3v) is 4.46. The molecule has 0 saturated carbocycles. The molecule has 7 heteroatoms. The van der Waals surface area contributed by atoms with Gasteiger partial charge in [0.25, 0.3) is 5.91 Å². The van der Waals surface area contributed by atoms with Crippen LogP contribution in [0.25, 0.3) is 0 Å². The summed E-state index contributed by atoms with van der Waals surface area (Å²) in [5.74, 6) is -0.326. The van der Waals surface area contributed by atoms with Gasteiger partial charge in [-0.15, -0.1) is 0 Å². The van der Waals surface area contributed by atoms with Crippen LogP contribution in [-0.2, 0) is 14.3 Å². The summed E-state index contributed by atoms with van der Waals surface area (Å²) in [4.78, 5) is 25.7. The molecule has 1 amide bonds. The van der Waals surface area contributed by atoms with Gasteiger partial charge in [-0.05, 0) is 31.9 Å². The lowest BCUT2D eigenvalue weighted by atomic mass is 9.98. The Morgan fingerprint density at radius 1 is 1.35 bits per heavy atom. The molecule has 1 aromatic rings. The lowest BCUT2D eigenvalue weighted by Gasteiger charge is -2.31. The van der Waals surface area contributed by atoms with Gasteiger partial charge in [0.2, 0.25) is 0 Å². The molecule has 2 rings (SSSR count). The Morgan fingerprint density at radius 2 is 2.13 bits per heavy atom. The fraction of sp³-hybridized carbons (Fsp3) is 0.500. The number of carbonyl (C=O) groups excluding carboxylic acids is 2. The second-order valence-corrected chi connectivity index (χ2v) is 6.06. The number of hydrogen-bond donors (Lipinski definition) is 0. The maximum Gasteiger partial charge on any atom is 0.310 e. The third-order valence-electron chi connectivity index (χ3n) is 3.66. The van der Waals surface area contributed by atoms with E-state index in [1.165, 1.54) is 0 Å². The molecule has 1 saturated heterocycles. The van der Waals surface area contributed by atoms with Crippen LogP contribution in [0.2, 0.25) is 10.0 Å². The van der Waals surface area contributed by atoms with E-state index in [2.05, 4.69) is 0 Å². The summed E-state index contributed by atoms with van der Waals surface area (Å²) in [7, 11) is 0. The molecule has 0 bridgehead atoms. The fourth-order valence-corrected chi connectivity index (χ4v) is 2.83. The Morgan fingerprint density at radius 3 is 2.87 bits per heavy atom. The minimum atomic E-state index is -0.262. The summed E-state index contributed by atoms with van der Waals surface area (Å²) < 4.78 is 10.5. The van der Waals surface area contributed by atoms with E-state index in [0.717, 1.165) is 12.8 Å². The highest BCUT2D eigenvalue weighted by atomic mass is 35.5. The van der Waals surface area contributed by atoms with Crippen molar-refractivity contribution in [1.29, 1.82) is 0 Å². The lowest BCUT2D eigenvalue weighted by Crippen LogP contribution is -2.44. The van der Waals surface area contributed by atoms with Crippen molar-refractivity contribution in [2.24, 2.45) is 5.92 Å². The number of amides is 1. The molecule has 0 aromatic heterocycles. The van der Waals surface area contributed by atoms with Crippen LogP contribution in [-0.4, -0.2) is 43.1 Å². The molecule has 0 radical (unpaired) electrons. The Balaban J connectivity index is 1.90. The summed E-state index contributed by atoms with van der Waals surface area (Å²) in [5.41, 5.74) is 0. The van der Waals surface area contributed by atoms with E-state index in [0.29, 0.717) is 30.5 Å². The van der Waals surface area contributed by atoms with E-state index >= 15 is 0 Å². The van der Waals surface area contributed by atoms with Crippen LogP contribution in [0.15, 0.2) is 18.2 Å². The van der Waals surface area contributed by atoms with Crippen molar-refractivity contribution >= 4 is 35.1 Å². The van der Waals surface area contributed by atoms with E-state index in [1.54, 1.807) is 30.0 Å². The monoisotopic (exact) mass is 359 g/mol. The van der Waals surface area contributed by atoms with Crippen molar-refractivity contribution < 1.29 is 19.1 Å². The standard InChI is InChI=1S/C16H19Cl2NO4/c1-2-22-16(21)11-5-4-8-19(9-11)14(20)10-23-13-7-3-6-12(17)15(13)18/h3,6-7,11H,2,4-5,8-10H2,1H3. The van der Waals surface area contributed by atoms with Gasteiger partial charge in [0.15, 0.2) is 6.61 Å². The maximum absolute atomic E-state index is 12.3. The molecule has 0 N–H and O–H groups in total. The number of rotatable bonds is 5. The molecule has 1 aliphatic rings. The summed E-state index contributed by atoms with van der Waals surface area (Å²) in [6, 6.07) is 5.00. The molecule has 1 aromatic carbocycles. The number of benzene rings is 1. The quantitative estimate of drug-likeness (QED) is 0.757. The average Bonchev–Trinajstić information content (AvgIpc) is 2.56. The summed E-state index contributed by atoms with van der Waals surface area (Å²) in [6.07, 6.45) is 1.51. The number of halogens is 2. The van der Waals surface area contributed by atoms with Crippen LogP contribution in [0.1, 0.15) is 19.8 Å². The van der Waals surface area contributed by atoms with Crippen molar-refractivity contribution in [2.75, 3.05) is 26.3 Å². The Labute approximate surface area is 145 Å². The first kappa shape index (κ1) is 17.9. The molecule has 1 fully saturated rings. The molecular weight excluding hydrogens is 341 g/mol. The van der Waals surface area contributed by atoms with E-state index < -0.39 is 0 Å². The largest absolute Gasteiger partial charge is 0.482 e. The minimum Gasteiger partial charge on any atom is -0.482 e. The van der Waals surface area contributed by atoms with Gasteiger partial charge in [-0.3, -0.25) is 9.59 Å². The summed E-state index contributed by atoms with van der Waals surface area (Å²) in [5, 5.41) is 0.655.